The molecule has 0 aromatic carbocycles. The molecule has 0 bridgehead atoms. The van der Waals surface area contributed by atoms with E-state index in [1.165, 1.54) is 0 Å². The van der Waals surface area contributed by atoms with Crippen molar-refractivity contribution >= 4 is 5.78 Å². The number of ketones is 1. The van der Waals surface area contributed by atoms with E-state index in [0.29, 0.717) is 5.78 Å². The van der Waals surface area contributed by atoms with Gasteiger partial charge in [0.15, 0.2) is 0 Å². The Morgan fingerprint density at radius 3 is 2.22 bits per heavy atom. The number of hydrogen-bond donors (Lipinski definition) is 0. The first-order chi connectivity index (χ1) is 4.31. The van der Waals surface area contributed by atoms with E-state index in [2.05, 4.69) is 6.92 Å². The zero-order valence-corrected chi connectivity index (χ0v) is 6.44. The van der Waals surface area contributed by atoms with Crippen LogP contribution in [0.1, 0.15) is 46.0 Å². The monoisotopic (exact) mass is 128 g/mol. The zero-order chi connectivity index (χ0) is 7.11. The van der Waals surface area contributed by atoms with Crippen LogP contribution in [0, 0.1) is 0 Å². The molecule has 1 heteroatoms. The van der Waals surface area contributed by atoms with Crippen LogP contribution in [0.15, 0.2) is 0 Å². The summed E-state index contributed by atoms with van der Waals surface area (Å²) in [5.41, 5.74) is 0. The largest absolute Gasteiger partial charge is 0.300 e. The maximum absolute atomic E-state index is 10.8. The van der Waals surface area contributed by atoms with Crippen LogP contribution in [0.5, 0.6) is 0 Å². The number of hydrogen-bond acceptors (Lipinski definition) is 1. The first-order valence-electron chi connectivity index (χ1n) is 3.83. The minimum atomic E-state index is 0.430. The van der Waals surface area contributed by atoms with Gasteiger partial charge in [0.05, 0.1) is 0 Å². The van der Waals surface area contributed by atoms with Crippen molar-refractivity contribution in [3.05, 3.63) is 0 Å². The van der Waals surface area contributed by atoms with E-state index in [9.17, 15) is 4.79 Å². The van der Waals surface area contributed by atoms with Crippen molar-refractivity contribution in [2.45, 2.75) is 46.0 Å². The van der Waals surface area contributed by atoms with Crippen LogP contribution >= 0.6 is 0 Å². The van der Waals surface area contributed by atoms with Crippen LogP contribution in [-0.2, 0) is 4.79 Å². The second-order valence-corrected chi connectivity index (χ2v) is 2.39. The molecule has 0 aromatic heterocycles. The Morgan fingerprint density at radius 1 is 1.11 bits per heavy atom. The second-order valence-electron chi connectivity index (χ2n) is 2.39. The number of unbranched alkanes of at least 4 members (excludes halogenated alkanes) is 1. The molecule has 0 radical (unpaired) electrons. The summed E-state index contributed by atoms with van der Waals surface area (Å²) in [4.78, 5) is 10.8. The molecule has 9 heavy (non-hydrogen) atoms. The van der Waals surface area contributed by atoms with Crippen LogP contribution < -0.4 is 0 Å². The van der Waals surface area contributed by atoms with Crippen molar-refractivity contribution in [3.8, 4) is 0 Å². The van der Waals surface area contributed by atoms with Crippen LogP contribution in [0.3, 0.4) is 0 Å². The van der Waals surface area contributed by atoms with Gasteiger partial charge in [-0.25, -0.2) is 0 Å². The maximum atomic E-state index is 10.8. The average molecular weight is 128 g/mol. The van der Waals surface area contributed by atoms with Crippen LogP contribution in [0.25, 0.3) is 0 Å². The molecule has 0 aromatic rings. The number of carbonyl (C=O) groups is 1. The summed E-state index contributed by atoms with van der Waals surface area (Å²) in [5.74, 6) is 0.430. The first-order valence-corrected chi connectivity index (χ1v) is 3.83. The molecule has 0 heterocycles. The zero-order valence-electron chi connectivity index (χ0n) is 6.44. The molecule has 0 saturated heterocycles. The summed E-state index contributed by atoms with van der Waals surface area (Å²) < 4.78 is 0. The molecule has 0 aliphatic rings. The van der Waals surface area contributed by atoms with Gasteiger partial charge in [-0.1, -0.05) is 20.3 Å². The lowest BCUT2D eigenvalue weighted by molar-refractivity contribution is -0.119. The van der Waals surface area contributed by atoms with Gasteiger partial charge in [0.1, 0.15) is 5.78 Å². The molecule has 54 valence electrons. The third-order valence-corrected chi connectivity index (χ3v) is 1.34. The molecule has 0 amide bonds. The number of carbonyl (C=O) groups excluding carboxylic acids is 1. The van der Waals surface area contributed by atoms with Gasteiger partial charge >= 0.3 is 0 Å². The summed E-state index contributed by atoms with van der Waals surface area (Å²) in [6.45, 7) is 4.16. The van der Waals surface area contributed by atoms with E-state index in [4.69, 9.17) is 0 Å². The van der Waals surface area contributed by atoms with Crippen molar-refractivity contribution in [1.82, 2.24) is 0 Å². The van der Waals surface area contributed by atoms with Crippen molar-refractivity contribution < 1.29 is 4.79 Å². The number of Topliss-reactive ketones (excluding diaryl/α,β-unsaturated/α-hetero) is 1. The molecular weight excluding hydrogens is 112 g/mol. The predicted molar refractivity (Wildman–Crippen MR) is 39.4 cm³/mol. The van der Waals surface area contributed by atoms with Gasteiger partial charge in [0.25, 0.3) is 0 Å². The highest BCUT2D eigenvalue weighted by atomic mass is 16.1. The normalized spacial score (nSPS) is 9.56. The van der Waals surface area contributed by atoms with Crippen molar-refractivity contribution in [1.29, 1.82) is 0 Å². The van der Waals surface area contributed by atoms with E-state index >= 15 is 0 Å². The fourth-order valence-electron chi connectivity index (χ4n) is 0.778. The fraction of sp³-hybridized carbons (Fsp3) is 0.875. The van der Waals surface area contributed by atoms with Gasteiger partial charge in [-0.15, -0.1) is 0 Å². The van der Waals surface area contributed by atoms with E-state index in [0.717, 1.165) is 32.1 Å². The lowest BCUT2D eigenvalue weighted by atomic mass is 10.1. The van der Waals surface area contributed by atoms with Gasteiger partial charge in [-0.05, 0) is 12.8 Å². The quantitative estimate of drug-likeness (QED) is 0.556. The molecule has 0 saturated carbocycles. The minimum Gasteiger partial charge on any atom is -0.300 e. The van der Waals surface area contributed by atoms with Gasteiger partial charge in [-0.2, -0.15) is 0 Å². The summed E-state index contributed by atoms with van der Waals surface area (Å²) in [6, 6.07) is 0. The molecule has 1 nitrogen and oxygen atoms in total. The highest BCUT2D eigenvalue weighted by Crippen LogP contribution is 1.99. The van der Waals surface area contributed by atoms with E-state index < -0.39 is 0 Å². The Bertz CT molecular complexity index is 76.6. The SMILES string of the molecule is CCCCC(=O)CCC. The lowest BCUT2D eigenvalue weighted by Gasteiger charge is -1.94. The Kier molecular flexibility index (Phi) is 5.59. The minimum absolute atomic E-state index is 0.430. The standard InChI is InChI=1S/C8H16O/c1-3-5-7-8(9)6-4-2/h3-7H2,1-2H3. The molecule has 0 unspecified atom stereocenters. The molecule has 0 fully saturated rings. The van der Waals surface area contributed by atoms with Crippen LogP contribution in [0.2, 0.25) is 0 Å². The van der Waals surface area contributed by atoms with Gasteiger partial charge < -0.3 is 0 Å². The van der Waals surface area contributed by atoms with Crippen molar-refractivity contribution in [3.63, 3.8) is 0 Å². The van der Waals surface area contributed by atoms with Crippen molar-refractivity contribution in [2.75, 3.05) is 0 Å². The summed E-state index contributed by atoms with van der Waals surface area (Å²) in [7, 11) is 0. The highest BCUT2D eigenvalue weighted by molar-refractivity contribution is 5.78. The fourth-order valence-corrected chi connectivity index (χ4v) is 0.778. The molecule has 0 spiro atoms. The van der Waals surface area contributed by atoms with Crippen molar-refractivity contribution in [2.24, 2.45) is 0 Å². The average Bonchev–Trinajstić information content (AvgIpc) is 1.85. The summed E-state index contributed by atoms with van der Waals surface area (Å²) >= 11 is 0. The van der Waals surface area contributed by atoms with E-state index in [1.54, 1.807) is 0 Å². The lowest BCUT2D eigenvalue weighted by Crippen LogP contribution is -1.95. The Labute approximate surface area is 57.5 Å². The topological polar surface area (TPSA) is 17.1 Å². The first kappa shape index (κ1) is 8.67. The molecular formula is C8H16O. The third kappa shape index (κ3) is 5.54. The molecule has 0 rings (SSSR count). The smallest absolute Gasteiger partial charge is 0.132 e. The van der Waals surface area contributed by atoms with E-state index in [1.807, 2.05) is 6.92 Å². The molecule has 0 N–H and O–H groups in total. The predicted octanol–water partition coefficient (Wildman–Crippen LogP) is 2.55. The summed E-state index contributed by atoms with van der Waals surface area (Å²) in [5, 5.41) is 0. The van der Waals surface area contributed by atoms with E-state index in [-0.39, 0.29) is 0 Å². The Hall–Kier alpha value is -0.330. The van der Waals surface area contributed by atoms with Gasteiger partial charge in [0.2, 0.25) is 0 Å². The molecule has 0 atom stereocenters. The van der Waals surface area contributed by atoms with Crippen LogP contribution in [0.4, 0.5) is 0 Å². The molecule has 0 aliphatic heterocycles. The highest BCUT2D eigenvalue weighted by Gasteiger charge is 1.96. The van der Waals surface area contributed by atoms with Gasteiger partial charge in [-0.3, -0.25) is 4.79 Å². The van der Waals surface area contributed by atoms with Crippen LogP contribution in [-0.4, -0.2) is 5.78 Å². The number of rotatable bonds is 5. The summed E-state index contributed by atoms with van der Waals surface area (Å²) in [6.07, 6.45) is 4.78. The molecule has 0 aliphatic carbocycles. The second kappa shape index (κ2) is 5.80. The third-order valence-electron chi connectivity index (χ3n) is 1.34. The Balaban J connectivity index is 3.06. The Morgan fingerprint density at radius 2 is 1.78 bits per heavy atom. The van der Waals surface area contributed by atoms with Gasteiger partial charge in [0, 0.05) is 12.8 Å². The maximum Gasteiger partial charge on any atom is 0.132 e.